The van der Waals surface area contributed by atoms with Crippen molar-refractivity contribution in [1.82, 2.24) is 0 Å². The van der Waals surface area contributed by atoms with E-state index in [4.69, 9.17) is 28.9 Å². The van der Waals surface area contributed by atoms with Crippen LogP contribution in [0.2, 0.25) is 10.0 Å². The average Bonchev–Trinajstić information content (AvgIpc) is 2.69. The molecule has 2 rings (SSSR count). The van der Waals surface area contributed by atoms with E-state index in [0.29, 0.717) is 20.5 Å². The quantitative estimate of drug-likeness (QED) is 0.817. The van der Waals surface area contributed by atoms with Crippen molar-refractivity contribution in [3.8, 4) is 0 Å². The summed E-state index contributed by atoms with van der Waals surface area (Å²) >= 11 is 13.9. The van der Waals surface area contributed by atoms with Crippen LogP contribution < -0.4 is 11.1 Å². The zero-order valence-corrected chi connectivity index (χ0v) is 12.1. The van der Waals surface area contributed by atoms with Gasteiger partial charge in [-0.15, -0.1) is 0 Å². The van der Waals surface area contributed by atoms with Gasteiger partial charge in [0.25, 0.3) is 0 Å². The van der Waals surface area contributed by atoms with Crippen molar-refractivity contribution in [3.05, 3.63) is 22.2 Å². The topological polar surface area (TPSA) is 38.0 Å². The van der Waals surface area contributed by atoms with Gasteiger partial charge >= 0.3 is 0 Å². The van der Waals surface area contributed by atoms with Gasteiger partial charge in [-0.3, -0.25) is 0 Å². The maximum absolute atomic E-state index is 5.98. The van der Waals surface area contributed by atoms with E-state index in [-0.39, 0.29) is 0 Å². The van der Waals surface area contributed by atoms with Crippen molar-refractivity contribution in [1.29, 1.82) is 0 Å². The van der Waals surface area contributed by atoms with Crippen LogP contribution in [-0.4, -0.2) is 17.0 Å². The van der Waals surface area contributed by atoms with Crippen LogP contribution in [0.3, 0.4) is 0 Å². The van der Waals surface area contributed by atoms with Gasteiger partial charge in [-0.1, -0.05) is 23.2 Å². The second kappa shape index (κ2) is 5.17. The largest absolute Gasteiger partial charge is 0.397 e. The maximum atomic E-state index is 5.98. The van der Waals surface area contributed by atoms with Crippen molar-refractivity contribution < 1.29 is 0 Å². The molecular weight excluding hydrogens is 275 g/mol. The first-order valence-corrected chi connectivity index (χ1v) is 7.37. The molecule has 0 saturated carbocycles. The SMILES string of the molecule is CC1(CNc2cc(Cl)c(Cl)cc2N)CCCS1. The highest BCUT2D eigenvalue weighted by atomic mass is 35.5. The maximum Gasteiger partial charge on any atom is 0.0614 e. The van der Waals surface area contributed by atoms with E-state index in [1.165, 1.54) is 18.6 Å². The molecule has 1 atom stereocenters. The fourth-order valence-corrected chi connectivity index (χ4v) is 3.55. The Morgan fingerprint density at radius 3 is 2.76 bits per heavy atom. The van der Waals surface area contributed by atoms with E-state index in [1.807, 2.05) is 11.8 Å². The number of thioether (sulfide) groups is 1. The second-order valence-electron chi connectivity index (χ2n) is 4.61. The number of hydrogen-bond acceptors (Lipinski definition) is 3. The smallest absolute Gasteiger partial charge is 0.0614 e. The first-order chi connectivity index (χ1) is 8.00. The lowest BCUT2D eigenvalue weighted by Gasteiger charge is -2.24. The van der Waals surface area contributed by atoms with Crippen molar-refractivity contribution in [2.75, 3.05) is 23.3 Å². The fraction of sp³-hybridized carbons (Fsp3) is 0.500. The highest BCUT2D eigenvalue weighted by Gasteiger charge is 2.29. The first-order valence-electron chi connectivity index (χ1n) is 5.62. The van der Waals surface area contributed by atoms with Gasteiger partial charge < -0.3 is 11.1 Å². The van der Waals surface area contributed by atoms with Crippen LogP contribution >= 0.6 is 35.0 Å². The van der Waals surface area contributed by atoms with Gasteiger partial charge in [-0.05, 0) is 37.7 Å². The number of halogens is 2. The van der Waals surface area contributed by atoms with Gasteiger partial charge in [0.1, 0.15) is 0 Å². The van der Waals surface area contributed by atoms with Gasteiger partial charge in [-0.2, -0.15) is 11.8 Å². The third-order valence-electron chi connectivity index (χ3n) is 3.05. The van der Waals surface area contributed by atoms with Gasteiger partial charge in [0.15, 0.2) is 0 Å². The Hall–Kier alpha value is -0.250. The predicted octanol–water partition coefficient (Wildman–Crippen LogP) is 4.27. The molecule has 94 valence electrons. The minimum absolute atomic E-state index is 0.304. The molecule has 0 bridgehead atoms. The summed E-state index contributed by atoms with van der Waals surface area (Å²) in [6.07, 6.45) is 2.53. The number of nitrogen functional groups attached to an aromatic ring is 1. The zero-order valence-electron chi connectivity index (χ0n) is 9.72. The molecule has 17 heavy (non-hydrogen) atoms. The van der Waals surface area contributed by atoms with Crippen molar-refractivity contribution >= 4 is 46.3 Å². The Kier molecular flexibility index (Phi) is 4.01. The normalized spacial score (nSPS) is 23.9. The lowest BCUT2D eigenvalue weighted by molar-refractivity contribution is 0.635. The number of nitrogens with two attached hydrogens (primary N) is 1. The Bertz CT molecular complexity index is 417. The standard InChI is InChI=1S/C12H16Cl2N2S/c1-12(3-2-4-17-12)7-16-11-6-9(14)8(13)5-10(11)15/h5-6,16H,2-4,7,15H2,1H3. The molecule has 0 aromatic heterocycles. The zero-order chi connectivity index (χ0) is 12.5. The van der Waals surface area contributed by atoms with E-state index in [1.54, 1.807) is 12.1 Å². The van der Waals surface area contributed by atoms with Gasteiger partial charge in [0, 0.05) is 11.3 Å². The van der Waals surface area contributed by atoms with E-state index >= 15 is 0 Å². The van der Waals surface area contributed by atoms with Crippen LogP contribution in [0, 0.1) is 0 Å². The molecule has 0 radical (unpaired) electrons. The van der Waals surface area contributed by atoms with Gasteiger partial charge in [0.05, 0.1) is 21.4 Å². The van der Waals surface area contributed by atoms with Crippen LogP contribution in [0.15, 0.2) is 12.1 Å². The molecule has 1 aromatic rings. The minimum Gasteiger partial charge on any atom is -0.397 e. The summed E-state index contributed by atoms with van der Waals surface area (Å²) < 4.78 is 0.304. The summed E-state index contributed by atoms with van der Waals surface area (Å²) in [4.78, 5) is 0. The Balaban J connectivity index is 2.06. The highest BCUT2D eigenvalue weighted by Crippen LogP contribution is 2.38. The van der Waals surface area contributed by atoms with E-state index in [2.05, 4.69) is 12.2 Å². The molecule has 0 aliphatic carbocycles. The van der Waals surface area contributed by atoms with Crippen LogP contribution in [0.4, 0.5) is 11.4 Å². The highest BCUT2D eigenvalue weighted by molar-refractivity contribution is 8.00. The lowest BCUT2D eigenvalue weighted by Crippen LogP contribution is -2.27. The van der Waals surface area contributed by atoms with E-state index in [9.17, 15) is 0 Å². The predicted molar refractivity (Wildman–Crippen MR) is 79.5 cm³/mol. The third-order valence-corrected chi connectivity index (χ3v) is 5.31. The molecular formula is C12H16Cl2N2S. The summed E-state index contributed by atoms with van der Waals surface area (Å²) in [6.45, 7) is 3.19. The minimum atomic E-state index is 0.304. The molecule has 1 aliphatic heterocycles. The van der Waals surface area contributed by atoms with Crippen molar-refractivity contribution in [2.45, 2.75) is 24.5 Å². The third kappa shape index (κ3) is 3.15. The van der Waals surface area contributed by atoms with Crippen molar-refractivity contribution in [3.63, 3.8) is 0 Å². The van der Waals surface area contributed by atoms with Crippen molar-refractivity contribution in [2.24, 2.45) is 0 Å². The Morgan fingerprint density at radius 2 is 2.12 bits per heavy atom. The van der Waals surface area contributed by atoms with Crippen LogP contribution in [0.1, 0.15) is 19.8 Å². The van der Waals surface area contributed by atoms with Crippen LogP contribution in [-0.2, 0) is 0 Å². The summed E-state index contributed by atoms with van der Waals surface area (Å²) in [5.41, 5.74) is 7.42. The molecule has 1 aliphatic rings. The number of rotatable bonds is 3. The van der Waals surface area contributed by atoms with Crippen LogP contribution in [0.5, 0.6) is 0 Å². The Labute approximate surface area is 116 Å². The Morgan fingerprint density at radius 1 is 1.41 bits per heavy atom. The number of anilines is 2. The first kappa shape index (κ1) is 13.2. The van der Waals surface area contributed by atoms with Gasteiger partial charge in [0.2, 0.25) is 0 Å². The fourth-order valence-electron chi connectivity index (χ4n) is 1.97. The average molecular weight is 291 g/mol. The summed E-state index contributed by atoms with van der Waals surface area (Å²) in [5.74, 6) is 1.25. The molecule has 3 N–H and O–H groups in total. The number of hydrogen-bond donors (Lipinski definition) is 2. The molecule has 0 spiro atoms. The van der Waals surface area contributed by atoms with Gasteiger partial charge in [-0.25, -0.2) is 0 Å². The van der Waals surface area contributed by atoms with E-state index in [0.717, 1.165) is 12.2 Å². The monoisotopic (exact) mass is 290 g/mol. The summed E-state index contributed by atoms with van der Waals surface area (Å²) in [5, 5.41) is 4.41. The molecule has 1 unspecified atom stereocenters. The summed E-state index contributed by atoms with van der Waals surface area (Å²) in [7, 11) is 0. The lowest BCUT2D eigenvalue weighted by atomic mass is 10.1. The molecule has 2 nitrogen and oxygen atoms in total. The van der Waals surface area contributed by atoms with E-state index < -0.39 is 0 Å². The number of nitrogens with one attached hydrogen (secondary N) is 1. The second-order valence-corrected chi connectivity index (χ2v) is 7.11. The molecule has 1 saturated heterocycles. The molecule has 1 heterocycles. The summed E-state index contributed by atoms with van der Waals surface area (Å²) in [6, 6.07) is 3.48. The molecule has 1 fully saturated rings. The molecule has 0 amide bonds. The van der Waals surface area contributed by atoms with Crippen LogP contribution in [0.25, 0.3) is 0 Å². The molecule has 1 aromatic carbocycles. The molecule has 5 heteroatoms. The number of benzene rings is 1.